The molecule has 0 radical (unpaired) electrons. The number of para-hydroxylation sites is 1. The van der Waals surface area contributed by atoms with E-state index in [2.05, 4.69) is 5.10 Å². The van der Waals surface area contributed by atoms with Gasteiger partial charge >= 0.3 is 0 Å². The van der Waals surface area contributed by atoms with Crippen LogP contribution in [0.3, 0.4) is 0 Å². The summed E-state index contributed by atoms with van der Waals surface area (Å²) < 4.78 is 7.11. The number of nitrogen functional groups attached to an aromatic ring is 1. The number of nitrogens with zero attached hydrogens (tertiary/aromatic N) is 2. The van der Waals surface area contributed by atoms with E-state index in [4.69, 9.17) is 22.1 Å². The number of aromatic nitrogens is 2. The Hall–Kier alpha value is -1.68. The summed E-state index contributed by atoms with van der Waals surface area (Å²) in [4.78, 5) is 0. The molecule has 0 aliphatic heterocycles. The third kappa shape index (κ3) is 1.97. The lowest BCUT2D eigenvalue weighted by Crippen LogP contribution is -2.02. The van der Waals surface area contributed by atoms with Crippen molar-refractivity contribution in [3.8, 4) is 11.4 Å². The fraction of sp³-hybridized carbons (Fsp3) is 0.182. The molecule has 0 aliphatic carbocycles. The summed E-state index contributed by atoms with van der Waals surface area (Å²) >= 11 is 6.13. The molecular weight excluding hydrogens is 226 g/mol. The van der Waals surface area contributed by atoms with Gasteiger partial charge in [0.25, 0.3) is 0 Å². The molecule has 0 saturated carbocycles. The number of hydrogen-bond acceptors (Lipinski definition) is 3. The predicted octanol–water partition coefficient (Wildman–Crippen LogP) is 2.51. The van der Waals surface area contributed by atoms with E-state index in [1.54, 1.807) is 23.0 Å². The summed E-state index contributed by atoms with van der Waals surface area (Å²) in [6, 6.07) is 7.18. The molecule has 0 saturated heterocycles. The van der Waals surface area contributed by atoms with Crippen molar-refractivity contribution in [2.24, 2.45) is 0 Å². The van der Waals surface area contributed by atoms with Gasteiger partial charge in [0.15, 0.2) is 0 Å². The van der Waals surface area contributed by atoms with Gasteiger partial charge in [-0.1, -0.05) is 17.7 Å². The number of anilines is 1. The molecule has 2 N–H and O–H groups in total. The summed E-state index contributed by atoms with van der Waals surface area (Å²) in [6.45, 7) is 2.49. The molecule has 0 spiro atoms. The van der Waals surface area contributed by atoms with E-state index in [0.29, 0.717) is 28.9 Å². The van der Waals surface area contributed by atoms with E-state index in [9.17, 15) is 0 Å². The van der Waals surface area contributed by atoms with Crippen molar-refractivity contribution < 1.29 is 4.74 Å². The molecule has 2 aromatic rings. The Bertz CT molecular complexity index is 496. The van der Waals surface area contributed by atoms with Gasteiger partial charge < -0.3 is 10.5 Å². The lowest BCUT2D eigenvalue weighted by molar-refractivity contribution is 0.338. The molecule has 4 nitrogen and oxygen atoms in total. The number of benzene rings is 1. The molecule has 1 aromatic carbocycles. The van der Waals surface area contributed by atoms with Crippen molar-refractivity contribution in [1.29, 1.82) is 0 Å². The third-order valence-electron chi connectivity index (χ3n) is 2.09. The Morgan fingerprint density at radius 1 is 1.44 bits per heavy atom. The highest BCUT2D eigenvalue weighted by Gasteiger charge is 2.10. The van der Waals surface area contributed by atoms with Gasteiger partial charge in [-0.25, -0.2) is 4.68 Å². The first-order valence-corrected chi connectivity index (χ1v) is 5.33. The minimum Gasteiger partial charge on any atom is -0.492 e. The highest BCUT2D eigenvalue weighted by molar-refractivity contribution is 6.32. The van der Waals surface area contributed by atoms with Gasteiger partial charge in [0.1, 0.15) is 17.3 Å². The highest BCUT2D eigenvalue weighted by atomic mass is 35.5. The van der Waals surface area contributed by atoms with Crippen LogP contribution >= 0.6 is 11.6 Å². The van der Waals surface area contributed by atoms with Gasteiger partial charge in [-0.05, 0) is 19.1 Å². The van der Waals surface area contributed by atoms with Gasteiger partial charge in [0.05, 0.1) is 11.6 Å². The topological polar surface area (TPSA) is 53.1 Å². The van der Waals surface area contributed by atoms with Crippen LogP contribution in [0, 0.1) is 0 Å². The second-order valence-corrected chi connectivity index (χ2v) is 3.61. The number of halogens is 1. The Kier molecular flexibility index (Phi) is 3.01. The zero-order valence-electron chi connectivity index (χ0n) is 8.85. The van der Waals surface area contributed by atoms with Gasteiger partial charge in [-0.15, -0.1) is 0 Å². The second-order valence-electron chi connectivity index (χ2n) is 3.20. The van der Waals surface area contributed by atoms with Crippen molar-refractivity contribution in [3.05, 3.63) is 35.5 Å². The van der Waals surface area contributed by atoms with Crippen LogP contribution in [-0.2, 0) is 0 Å². The van der Waals surface area contributed by atoms with Crippen molar-refractivity contribution >= 4 is 17.4 Å². The van der Waals surface area contributed by atoms with E-state index in [0.717, 1.165) is 0 Å². The van der Waals surface area contributed by atoms with E-state index >= 15 is 0 Å². The first-order chi connectivity index (χ1) is 7.72. The maximum atomic E-state index is 6.13. The van der Waals surface area contributed by atoms with Crippen LogP contribution in [-0.4, -0.2) is 16.4 Å². The first-order valence-electron chi connectivity index (χ1n) is 4.95. The fourth-order valence-electron chi connectivity index (χ4n) is 1.45. The summed E-state index contributed by atoms with van der Waals surface area (Å²) in [5.74, 6) is 1.14. The highest BCUT2D eigenvalue weighted by Crippen LogP contribution is 2.30. The number of ether oxygens (including phenoxy) is 1. The van der Waals surface area contributed by atoms with Crippen LogP contribution in [0.5, 0.6) is 5.75 Å². The molecule has 16 heavy (non-hydrogen) atoms. The van der Waals surface area contributed by atoms with Crippen LogP contribution < -0.4 is 10.5 Å². The van der Waals surface area contributed by atoms with Gasteiger partial charge in [0, 0.05) is 12.3 Å². The Morgan fingerprint density at radius 2 is 2.25 bits per heavy atom. The molecule has 1 aromatic heterocycles. The SMILES string of the molecule is CCOc1cccc(Cl)c1-n1ccc(N)n1. The zero-order chi connectivity index (χ0) is 11.5. The third-order valence-corrected chi connectivity index (χ3v) is 2.39. The maximum Gasteiger partial charge on any atom is 0.146 e. The van der Waals surface area contributed by atoms with Crippen LogP contribution in [0.1, 0.15) is 6.92 Å². The average molecular weight is 238 g/mol. The van der Waals surface area contributed by atoms with Crippen LogP contribution in [0.2, 0.25) is 5.02 Å². The van der Waals surface area contributed by atoms with Crippen molar-refractivity contribution in [2.75, 3.05) is 12.3 Å². The lowest BCUT2D eigenvalue weighted by atomic mass is 10.3. The van der Waals surface area contributed by atoms with Gasteiger partial charge in [-0.2, -0.15) is 5.10 Å². The average Bonchev–Trinajstić information content (AvgIpc) is 2.65. The summed E-state index contributed by atoms with van der Waals surface area (Å²) in [6.07, 6.45) is 1.75. The lowest BCUT2D eigenvalue weighted by Gasteiger charge is -2.11. The molecule has 0 bridgehead atoms. The Labute approximate surface area is 98.6 Å². The molecule has 84 valence electrons. The summed E-state index contributed by atoms with van der Waals surface area (Å²) in [7, 11) is 0. The minimum absolute atomic E-state index is 0.447. The number of hydrogen-bond donors (Lipinski definition) is 1. The van der Waals surface area contributed by atoms with Crippen molar-refractivity contribution in [3.63, 3.8) is 0 Å². The normalized spacial score (nSPS) is 10.4. The molecule has 0 atom stereocenters. The summed E-state index contributed by atoms with van der Waals surface area (Å²) in [5.41, 5.74) is 6.29. The minimum atomic E-state index is 0.447. The molecule has 2 rings (SSSR count). The largest absolute Gasteiger partial charge is 0.492 e. The Balaban J connectivity index is 2.53. The van der Waals surface area contributed by atoms with E-state index in [-0.39, 0.29) is 0 Å². The standard InChI is InChI=1S/C11H12ClN3O/c1-2-16-9-5-3-4-8(12)11(9)15-7-6-10(13)14-15/h3-7H,2H2,1H3,(H2,13,14). The second kappa shape index (κ2) is 4.45. The molecule has 0 unspecified atom stereocenters. The number of rotatable bonds is 3. The Morgan fingerprint density at radius 3 is 2.88 bits per heavy atom. The predicted molar refractivity (Wildman–Crippen MR) is 64.2 cm³/mol. The van der Waals surface area contributed by atoms with E-state index in [1.807, 2.05) is 19.1 Å². The summed E-state index contributed by atoms with van der Waals surface area (Å²) in [5, 5.41) is 4.69. The maximum absolute atomic E-state index is 6.13. The van der Waals surface area contributed by atoms with Gasteiger partial charge in [0.2, 0.25) is 0 Å². The zero-order valence-corrected chi connectivity index (χ0v) is 9.61. The molecule has 1 heterocycles. The van der Waals surface area contributed by atoms with Crippen LogP contribution in [0.25, 0.3) is 5.69 Å². The molecule has 0 amide bonds. The molecule has 5 heteroatoms. The molecule has 0 fully saturated rings. The number of nitrogens with two attached hydrogens (primary N) is 1. The van der Waals surface area contributed by atoms with Crippen molar-refractivity contribution in [1.82, 2.24) is 9.78 Å². The fourth-order valence-corrected chi connectivity index (χ4v) is 1.70. The monoisotopic (exact) mass is 237 g/mol. The van der Waals surface area contributed by atoms with Crippen LogP contribution in [0.15, 0.2) is 30.5 Å². The smallest absolute Gasteiger partial charge is 0.146 e. The van der Waals surface area contributed by atoms with E-state index < -0.39 is 0 Å². The van der Waals surface area contributed by atoms with Crippen molar-refractivity contribution in [2.45, 2.75) is 6.92 Å². The first kappa shape index (κ1) is 10.8. The van der Waals surface area contributed by atoms with E-state index in [1.165, 1.54) is 0 Å². The molecular formula is C11H12ClN3O. The van der Waals surface area contributed by atoms with Crippen LogP contribution in [0.4, 0.5) is 5.82 Å². The molecule has 0 aliphatic rings. The van der Waals surface area contributed by atoms with Gasteiger partial charge in [-0.3, -0.25) is 0 Å². The quantitative estimate of drug-likeness (QED) is 0.893.